The second-order valence-corrected chi connectivity index (χ2v) is 3.71. The van der Waals surface area contributed by atoms with Crippen LogP contribution in [0, 0.1) is 0 Å². The van der Waals surface area contributed by atoms with Gasteiger partial charge in [0, 0.05) is 25.3 Å². The highest BCUT2D eigenvalue weighted by molar-refractivity contribution is 5.55. The minimum absolute atomic E-state index is 0.136. The number of para-hydroxylation sites is 1. The molecule has 0 aliphatic heterocycles. The first-order valence-corrected chi connectivity index (χ1v) is 4.97. The maximum Gasteiger partial charge on any atom is 0.418 e. The molecule has 1 atom stereocenters. The molecule has 16 heavy (non-hydrogen) atoms. The Kier molecular flexibility index (Phi) is 3.80. The van der Waals surface area contributed by atoms with Gasteiger partial charge in [0.15, 0.2) is 0 Å². The van der Waals surface area contributed by atoms with Gasteiger partial charge in [0.2, 0.25) is 0 Å². The summed E-state index contributed by atoms with van der Waals surface area (Å²) in [7, 11) is 1.61. The van der Waals surface area contributed by atoms with Crippen LogP contribution in [0.3, 0.4) is 0 Å². The molecule has 0 heterocycles. The molecule has 0 spiro atoms. The van der Waals surface area contributed by atoms with Crippen molar-refractivity contribution in [3.05, 3.63) is 29.8 Å². The lowest BCUT2D eigenvalue weighted by Gasteiger charge is -2.28. The molecule has 0 aliphatic rings. The fourth-order valence-corrected chi connectivity index (χ4v) is 1.42. The van der Waals surface area contributed by atoms with Gasteiger partial charge in [0.05, 0.1) is 5.56 Å². The first kappa shape index (κ1) is 12.8. The van der Waals surface area contributed by atoms with E-state index < -0.39 is 11.7 Å². The van der Waals surface area contributed by atoms with Crippen molar-refractivity contribution in [3.8, 4) is 0 Å². The van der Waals surface area contributed by atoms with E-state index in [0.717, 1.165) is 6.07 Å². The van der Waals surface area contributed by atoms with E-state index in [9.17, 15) is 13.2 Å². The molecule has 0 amide bonds. The van der Waals surface area contributed by atoms with Crippen molar-refractivity contribution in [2.45, 2.75) is 19.1 Å². The highest BCUT2D eigenvalue weighted by Gasteiger charge is 2.34. The third kappa shape index (κ3) is 2.66. The largest absolute Gasteiger partial charge is 0.418 e. The Balaban J connectivity index is 3.13. The van der Waals surface area contributed by atoms with Crippen LogP contribution >= 0.6 is 0 Å². The SMILES string of the molecule is CC(CN)N(C)c1ccccc1C(F)(F)F. The number of nitrogens with zero attached hydrogens (tertiary/aromatic N) is 1. The van der Waals surface area contributed by atoms with Gasteiger partial charge >= 0.3 is 6.18 Å². The molecule has 0 aliphatic carbocycles. The Morgan fingerprint density at radius 3 is 2.38 bits per heavy atom. The van der Waals surface area contributed by atoms with Crippen LogP contribution in [0.15, 0.2) is 24.3 Å². The quantitative estimate of drug-likeness (QED) is 0.867. The molecule has 1 unspecified atom stereocenters. The number of nitrogens with two attached hydrogens (primary N) is 1. The Bertz CT molecular complexity index is 349. The number of halogens is 3. The summed E-state index contributed by atoms with van der Waals surface area (Å²) in [6, 6.07) is 5.37. The molecule has 2 nitrogen and oxygen atoms in total. The van der Waals surface area contributed by atoms with Gasteiger partial charge in [0.25, 0.3) is 0 Å². The first-order valence-electron chi connectivity index (χ1n) is 4.97. The molecule has 0 bridgehead atoms. The molecule has 2 N–H and O–H groups in total. The van der Waals surface area contributed by atoms with Crippen LogP contribution in [0.1, 0.15) is 12.5 Å². The van der Waals surface area contributed by atoms with E-state index in [0.29, 0.717) is 6.54 Å². The lowest BCUT2D eigenvalue weighted by Crippen LogP contribution is -2.36. The zero-order valence-corrected chi connectivity index (χ0v) is 9.25. The van der Waals surface area contributed by atoms with E-state index in [1.54, 1.807) is 24.9 Å². The van der Waals surface area contributed by atoms with E-state index in [4.69, 9.17) is 5.73 Å². The van der Waals surface area contributed by atoms with Crippen molar-refractivity contribution < 1.29 is 13.2 Å². The van der Waals surface area contributed by atoms with Crippen molar-refractivity contribution >= 4 is 5.69 Å². The van der Waals surface area contributed by atoms with E-state index in [1.165, 1.54) is 12.1 Å². The van der Waals surface area contributed by atoms with Gasteiger partial charge in [-0.25, -0.2) is 0 Å². The maximum absolute atomic E-state index is 12.7. The number of hydrogen-bond donors (Lipinski definition) is 1. The second kappa shape index (κ2) is 4.74. The summed E-state index contributed by atoms with van der Waals surface area (Å²) in [5.41, 5.74) is 4.98. The normalized spacial score (nSPS) is 13.6. The molecule has 90 valence electrons. The summed E-state index contributed by atoms with van der Waals surface area (Å²) in [5.74, 6) is 0. The Labute approximate surface area is 92.9 Å². The number of likely N-dealkylation sites (N-methyl/N-ethyl adjacent to an activating group) is 1. The molecule has 0 saturated heterocycles. The van der Waals surface area contributed by atoms with Crippen molar-refractivity contribution in [1.29, 1.82) is 0 Å². The molecular weight excluding hydrogens is 217 g/mol. The third-order valence-corrected chi connectivity index (χ3v) is 2.59. The highest BCUT2D eigenvalue weighted by Crippen LogP contribution is 2.36. The number of alkyl halides is 3. The van der Waals surface area contributed by atoms with E-state index in [1.807, 2.05) is 0 Å². The number of rotatable bonds is 3. The van der Waals surface area contributed by atoms with Crippen molar-refractivity contribution in [3.63, 3.8) is 0 Å². The van der Waals surface area contributed by atoms with Crippen LogP contribution in [-0.2, 0) is 6.18 Å². The van der Waals surface area contributed by atoms with Gasteiger partial charge in [-0.15, -0.1) is 0 Å². The van der Waals surface area contributed by atoms with Gasteiger partial charge in [-0.05, 0) is 19.1 Å². The number of benzene rings is 1. The average Bonchev–Trinajstić information content (AvgIpc) is 2.26. The standard InChI is InChI=1S/C11H15F3N2/c1-8(7-15)16(2)10-6-4-3-5-9(10)11(12,13)14/h3-6,8H,7,15H2,1-2H3. The summed E-state index contributed by atoms with van der Waals surface area (Å²) in [4.78, 5) is 1.54. The van der Waals surface area contributed by atoms with Crippen molar-refractivity contribution in [2.75, 3.05) is 18.5 Å². The minimum atomic E-state index is -4.33. The smallest absolute Gasteiger partial charge is 0.370 e. The summed E-state index contributed by atoms with van der Waals surface area (Å²) in [5, 5.41) is 0. The van der Waals surface area contributed by atoms with Crippen LogP contribution in [0.5, 0.6) is 0 Å². The predicted molar refractivity (Wildman–Crippen MR) is 58.4 cm³/mol. The topological polar surface area (TPSA) is 29.3 Å². The van der Waals surface area contributed by atoms with Crippen LogP contribution in [-0.4, -0.2) is 19.6 Å². The minimum Gasteiger partial charge on any atom is -0.370 e. The summed E-state index contributed by atoms with van der Waals surface area (Å²) < 4.78 is 38.2. The summed E-state index contributed by atoms with van der Waals surface area (Å²) in [6.07, 6.45) is -4.33. The average molecular weight is 232 g/mol. The molecular formula is C11H15F3N2. The zero-order valence-electron chi connectivity index (χ0n) is 9.25. The predicted octanol–water partition coefficient (Wildman–Crippen LogP) is 2.49. The molecule has 1 aromatic rings. The number of hydrogen-bond acceptors (Lipinski definition) is 2. The maximum atomic E-state index is 12.7. The molecule has 0 aromatic heterocycles. The summed E-state index contributed by atoms with van der Waals surface area (Å²) >= 11 is 0. The van der Waals surface area contributed by atoms with Crippen molar-refractivity contribution in [2.24, 2.45) is 5.73 Å². The molecule has 0 saturated carbocycles. The number of anilines is 1. The van der Waals surface area contributed by atoms with E-state index in [-0.39, 0.29) is 11.7 Å². The van der Waals surface area contributed by atoms with Crippen LogP contribution in [0.2, 0.25) is 0 Å². The monoisotopic (exact) mass is 232 g/mol. The highest BCUT2D eigenvalue weighted by atomic mass is 19.4. The Hall–Kier alpha value is -1.23. The lowest BCUT2D eigenvalue weighted by molar-refractivity contribution is -0.137. The van der Waals surface area contributed by atoms with Gasteiger partial charge in [-0.3, -0.25) is 0 Å². The molecule has 0 radical (unpaired) electrons. The van der Waals surface area contributed by atoms with Gasteiger partial charge < -0.3 is 10.6 Å². The van der Waals surface area contributed by atoms with Crippen LogP contribution in [0.25, 0.3) is 0 Å². The second-order valence-electron chi connectivity index (χ2n) is 3.71. The zero-order chi connectivity index (χ0) is 12.3. The van der Waals surface area contributed by atoms with Crippen LogP contribution in [0.4, 0.5) is 18.9 Å². The first-order chi connectivity index (χ1) is 7.38. The van der Waals surface area contributed by atoms with E-state index >= 15 is 0 Å². The van der Waals surface area contributed by atoms with Crippen molar-refractivity contribution in [1.82, 2.24) is 0 Å². The lowest BCUT2D eigenvalue weighted by atomic mass is 10.1. The molecule has 1 aromatic carbocycles. The summed E-state index contributed by atoms with van der Waals surface area (Å²) in [6.45, 7) is 2.09. The fraction of sp³-hybridized carbons (Fsp3) is 0.455. The third-order valence-electron chi connectivity index (χ3n) is 2.59. The Morgan fingerprint density at radius 1 is 1.31 bits per heavy atom. The molecule has 1 rings (SSSR count). The van der Waals surface area contributed by atoms with Crippen LogP contribution < -0.4 is 10.6 Å². The van der Waals surface area contributed by atoms with E-state index in [2.05, 4.69) is 0 Å². The molecule has 0 fully saturated rings. The fourth-order valence-electron chi connectivity index (χ4n) is 1.42. The van der Waals surface area contributed by atoms with Gasteiger partial charge in [0.1, 0.15) is 0 Å². The Morgan fingerprint density at radius 2 is 1.88 bits per heavy atom. The molecule has 5 heteroatoms. The van der Waals surface area contributed by atoms with Gasteiger partial charge in [-0.2, -0.15) is 13.2 Å². The van der Waals surface area contributed by atoms with Gasteiger partial charge in [-0.1, -0.05) is 12.1 Å².